The van der Waals surface area contributed by atoms with Gasteiger partial charge in [0.25, 0.3) is 0 Å². The van der Waals surface area contributed by atoms with Gasteiger partial charge in [-0.25, -0.2) is 0 Å². The number of hydrogen-bond donors (Lipinski definition) is 0. The van der Waals surface area contributed by atoms with Gasteiger partial charge in [-0.15, -0.1) is 11.6 Å². The molecule has 17 heavy (non-hydrogen) atoms. The Hall–Kier alpha value is -0.240. The van der Waals surface area contributed by atoms with E-state index in [1.54, 1.807) is 0 Å². The summed E-state index contributed by atoms with van der Waals surface area (Å²) in [7, 11) is 2.14. The van der Waals surface area contributed by atoms with Crippen molar-refractivity contribution in [3.63, 3.8) is 0 Å². The molecule has 0 N–H and O–H groups in total. The zero-order chi connectivity index (χ0) is 12.5. The molecule has 0 atom stereocenters. The molecule has 1 aromatic rings. The van der Waals surface area contributed by atoms with E-state index in [-0.39, 0.29) is 0 Å². The zero-order valence-corrected chi connectivity index (χ0v) is 12.0. The smallest absolute Gasteiger partial charge is 0.0451 e. The number of alkyl halides is 1. The summed E-state index contributed by atoms with van der Waals surface area (Å²) in [5.74, 6) is 0.787. The lowest BCUT2D eigenvalue weighted by Crippen LogP contribution is -2.19. The predicted octanol–water partition coefficient (Wildman–Crippen LogP) is 4.57. The number of rotatable bonds is 8. The lowest BCUT2D eigenvalue weighted by atomic mass is 10.2. The number of benzene rings is 1. The third-order valence-electron chi connectivity index (χ3n) is 2.82. The van der Waals surface area contributed by atoms with Crippen LogP contribution in [0.1, 0.15) is 31.2 Å². The number of halogens is 2. The van der Waals surface area contributed by atoms with Gasteiger partial charge < -0.3 is 4.90 Å². The van der Waals surface area contributed by atoms with Gasteiger partial charge in [-0.2, -0.15) is 0 Å². The molecular formula is C14H21Cl2N. The first-order valence-corrected chi connectivity index (χ1v) is 7.13. The molecule has 0 amide bonds. The van der Waals surface area contributed by atoms with Crippen molar-refractivity contribution in [1.29, 1.82) is 0 Å². The van der Waals surface area contributed by atoms with Crippen LogP contribution in [0.15, 0.2) is 24.3 Å². The summed E-state index contributed by atoms with van der Waals surface area (Å²) in [5.41, 5.74) is 1.21. The van der Waals surface area contributed by atoms with Crippen LogP contribution >= 0.6 is 23.2 Å². The molecule has 1 aromatic carbocycles. The van der Waals surface area contributed by atoms with E-state index in [9.17, 15) is 0 Å². The highest BCUT2D eigenvalue weighted by molar-refractivity contribution is 6.31. The van der Waals surface area contributed by atoms with E-state index in [4.69, 9.17) is 23.2 Å². The number of unbranched alkanes of at least 4 members (excludes halogenated alkanes) is 3. The molecular weight excluding hydrogens is 253 g/mol. The second-order valence-electron chi connectivity index (χ2n) is 4.43. The minimum Gasteiger partial charge on any atom is -0.302 e. The Morgan fingerprint density at radius 1 is 1.06 bits per heavy atom. The normalized spacial score (nSPS) is 11.1. The topological polar surface area (TPSA) is 3.24 Å². The molecule has 0 aliphatic rings. The van der Waals surface area contributed by atoms with Crippen molar-refractivity contribution in [3.8, 4) is 0 Å². The van der Waals surface area contributed by atoms with E-state index in [0.29, 0.717) is 0 Å². The monoisotopic (exact) mass is 273 g/mol. The molecule has 0 heterocycles. The Balaban J connectivity index is 2.21. The maximum absolute atomic E-state index is 6.13. The van der Waals surface area contributed by atoms with Crippen molar-refractivity contribution >= 4 is 23.2 Å². The summed E-state index contributed by atoms with van der Waals surface area (Å²) in [6.07, 6.45) is 4.87. The maximum atomic E-state index is 6.13. The fourth-order valence-corrected chi connectivity index (χ4v) is 2.21. The number of nitrogens with zero attached hydrogens (tertiary/aromatic N) is 1. The lowest BCUT2D eigenvalue weighted by molar-refractivity contribution is 0.317. The molecule has 1 rings (SSSR count). The van der Waals surface area contributed by atoms with Crippen LogP contribution in [-0.2, 0) is 6.54 Å². The van der Waals surface area contributed by atoms with Gasteiger partial charge in [-0.3, -0.25) is 0 Å². The Morgan fingerprint density at radius 2 is 1.76 bits per heavy atom. The lowest BCUT2D eigenvalue weighted by Gasteiger charge is -2.17. The highest BCUT2D eigenvalue weighted by Gasteiger charge is 2.03. The molecule has 0 aliphatic carbocycles. The van der Waals surface area contributed by atoms with Crippen LogP contribution in [0.5, 0.6) is 0 Å². The SMILES string of the molecule is CN(CCCCCCCl)Cc1ccccc1Cl. The van der Waals surface area contributed by atoms with E-state index >= 15 is 0 Å². The van der Waals surface area contributed by atoms with E-state index in [0.717, 1.165) is 30.4 Å². The molecule has 0 unspecified atom stereocenters. The van der Waals surface area contributed by atoms with Crippen molar-refractivity contribution in [2.45, 2.75) is 32.2 Å². The molecule has 0 bridgehead atoms. The summed E-state index contributed by atoms with van der Waals surface area (Å²) in [6.45, 7) is 2.04. The van der Waals surface area contributed by atoms with Gasteiger partial charge in [-0.1, -0.05) is 42.6 Å². The third-order valence-corrected chi connectivity index (χ3v) is 3.46. The van der Waals surface area contributed by atoms with E-state index in [2.05, 4.69) is 18.0 Å². The molecule has 0 aliphatic heterocycles. The first kappa shape index (κ1) is 14.8. The largest absolute Gasteiger partial charge is 0.302 e. The van der Waals surface area contributed by atoms with Crippen molar-refractivity contribution < 1.29 is 0 Å². The van der Waals surface area contributed by atoms with E-state index < -0.39 is 0 Å². The average Bonchev–Trinajstić information content (AvgIpc) is 2.32. The molecule has 3 heteroatoms. The van der Waals surface area contributed by atoms with Crippen molar-refractivity contribution in [3.05, 3.63) is 34.9 Å². The first-order chi connectivity index (χ1) is 8.24. The van der Waals surface area contributed by atoms with Gasteiger partial charge in [0.05, 0.1) is 0 Å². The van der Waals surface area contributed by atoms with Gasteiger partial charge in [0, 0.05) is 17.4 Å². The fraction of sp³-hybridized carbons (Fsp3) is 0.571. The minimum absolute atomic E-state index is 0.787. The molecule has 0 spiro atoms. The Bertz CT molecular complexity index is 315. The first-order valence-electron chi connectivity index (χ1n) is 6.22. The highest BCUT2D eigenvalue weighted by Crippen LogP contribution is 2.16. The summed E-state index contributed by atoms with van der Waals surface area (Å²) < 4.78 is 0. The molecule has 0 radical (unpaired) electrons. The van der Waals surface area contributed by atoms with Gasteiger partial charge in [0.1, 0.15) is 0 Å². The Labute approximate surface area is 115 Å². The zero-order valence-electron chi connectivity index (χ0n) is 10.5. The summed E-state index contributed by atoms with van der Waals surface area (Å²) in [5, 5.41) is 0.862. The van der Waals surface area contributed by atoms with E-state index in [1.165, 1.54) is 24.8 Å². The molecule has 1 nitrogen and oxygen atoms in total. The predicted molar refractivity (Wildman–Crippen MR) is 77.0 cm³/mol. The molecule has 0 saturated carbocycles. The van der Waals surface area contributed by atoms with Crippen molar-refractivity contribution in [2.24, 2.45) is 0 Å². The summed E-state index contributed by atoms with van der Waals surface area (Å²) in [6, 6.07) is 8.05. The standard InChI is InChI=1S/C14H21Cl2N/c1-17(11-7-3-2-6-10-15)12-13-8-4-5-9-14(13)16/h4-5,8-9H,2-3,6-7,10-12H2,1H3. The van der Waals surface area contributed by atoms with Gasteiger partial charge in [0.15, 0.2) is 0 Å². The second kappa shape index (κ2) is 8.79. The van der Waals surface area contributed by atoms with E-state index in [1.807, 2.05) is 18.2 Å². The average molecular weight is 274 g/mol. The van der Waals surface area contributed by atoms with Crippen molar-refractivity contribution in [2.75, 3.05) is 19.5 Å². The quantitative estimate of drug-likeness (QED) is 0.495. The molecule has 96 valence electrons. The van der Waals surface area contributed by atoms with Crippen LogP contribution in [0.25, 0.3) is 0 Å². The second-order valence-corrected chi connectivity index (χ2v) is 5.22. The van der Waals surface area contributed by atoms with Crippen LogP contribution in [0.4, 0.5) is 0 Å². The fourth-order valence-electron chi connectivity index (χ4n) is 1.83. The van der Waals surface area contributed by atoms with Gasteiger partial charge in [0.2, 0.25) is 0 Å². The Kier molecular flexibility index (Phi) is 7.67. The van der Waals surface area contributed by atoms with Crippen LogP contribution in [0.2, 0.25) is 5.02 Å². The van der Waals surface area contributed by atoms with Crippen LogP contribution < -0.4 is 0 Å². The minimum atomic E-state index is 0.787. The van der Waals surface area contributed by atoms with Crippen molar-refractivity contribution in [1.82, 2.24) is 4.90 Å². The molecule has 0 saturated heterocycles. The Morgan fingerprint density at radius 3 is 2.47 bits per heavy atom. The maximum Gasteiger partial charge on any atom is 0.0451 e. The summed E-state index contributed by atoms with van der Waals surface area (Å²) >= 11 is 11.8. The van der Waals surface area contributed by atoms with Crippen LogP contribution in [-0.4, -0.2) is 24.4 Å². The third kappa shape index (κ3) is 6.30. The van der Waals surface area contributed by atoms with Crippen LogP contribution in [0.3, 0.4) is 0 Å². The highest BCUT2D eigenvalue weighted by atomic mass is 35.5. The van der Waals surface area contributed by atoms with Crippen LogP contribution in [0, 0.1) is 0 Å². The molecule has 0 fully saturated rings. The molecule has 0 aromatic heterocycles. The van der Waals surface area contributed by atoms with Gasteiger partial charge >= 0.3 is 0 Å². The van der Waals surface area contributed by atoms with Gasteiger partial charge in [-0.05, 0) is 38.1 Å². The summed E-state index contributed by atoms with van der Waals surface area (Å²) in [4.78, 5) is 2.32. The number of hydrogen-bond acceptors (Lipinski definition) is 1.